The van der Waals surface area contributed by atoms with E-state index in [4.69, 9.17) is 23.7 Å². The lowest BCUT2D eigenvalue weighted by molar-refractivity contribution is -0.155. The van der Waals surface area contributed by atoms with Gasteiger partial charge in [0.25, 0.3) is 0 Å². The van der Waals surface area contributed by atoms with Gasteiger partial charge in [-0.25, -0.2) is 4.79 Å². The molecule has 2 saturated heterocycles. The number of rotatable bonds is 10. The molecule has 6 atom stereocenters. The Kier molecular flexibility index (Phi) is 9.02. The molecular formula is C27H42O8. The number of carbonyl (C=O) groups excluding carboxylic acids is 3. The predicted molar refractivity (Wildman–Crippen MR) is 128 cm³/mol. The number of fused-ring (bicyclic) bond motifs is 1. The molecule has 0 aromatic carbocycles. The SMILES string of the molecule is C=C(C)C(=O)OCCOC(=O)CC1CC(C)(C)CC(C)(CCC(=O)O[C@H]2CO[C@H]3[C@@H]2OC[C@H]3C)C1. The van der Waals surface area contributed by atoms with Crippen LogP contribution in [0.25, 0.3) is 0 Å². The Morgan fingerprint density at radius 1 is 0.971 bits per heavy atom. The molecule has 0 bridgehead atoms. The maximum absolute atomic E-state index is 12.7. The van der Waals surface area contributed by atoms with Crippen LogP contribution in [0.2, 0.25) is 0 Å². The average molecular weight is 495 g/mol. The van der Waals surface area contributed by atoms with E-state index in [0.29, 0.717) is 44.0 Å². The van der Waals surface area contributed by atoms with Crippen LogP contribution in [0, 0.1) is 22.7 Å². The van der Waals surface area contributed by atoms with Gasteiger partial charge < -0.3 is 23.7 Å². The second kappa shape index (κ2) is 11.4. The molecule has 0 radical (unpaired) electrons. The first kappa shape index (κ1) is 27.7. The minimum atomic E-state index is -0.491. The molecule has 0 spiro atoms. The molecule has 3 rings (SSSR count). The molecule has 0 aromatic rings. The average Bonchev–Trinajstić information content (AvgIpc) is 3.31. The summed E-state index contributed by atoms with van der Waals surface area (Å²) in [6.07, 6.45) is 3.64. The zero-order chi connectivity index (χ0) is 25.8. The van der Waals surface area contributed by atoms with Gasteiger partial charge in [-0.05, 0) is 49.4 Å². The second-order valence-electron chi connectivity index (χ2n) is 11.9. The highest BCUT2D eigenvalue weighted by Gasteiger charge is 2.48. The van der Waals surface area contributed by atoms with Crippen molar-refractivity contribution in [2.24, 2.45) is 22.7 Å². The highest BCUT2D eigenvalue weighted by Crippen LogP contribution is 2.51. The highest BCUT2D eigenvalue weighted by atomic mass is 16.6. The van der Waals surface area contributed by atoms with Crippen molar-refractivity contribution in [2.45, 2.75) is 91.5 Å². The van der Waals surface area contributed by atoms with Gasteiger partial charge in [0.05, 0.1) is 19.3 Å². The van der Waals surface area contributed by atoms with E-state index in [2.05, 4.69) is 34.3 Å². The van der Waals surface area contributed by atoms with E-state index in [1.54, 1.807) is 6.92 Å². The van der Waals surface area contributed by atoms with Gasteiger partial charge in [0.2, 0.25) is 0 Å². The standard InChI is InChI=1S/C27H42O8/c1-17(2)25(30)32-10-9-31-22(29)11-19-12-26(4,5)16-27(6,13-19)8-7-21(28)35-20-15-34-23-18(3)14-33-24(20)23/h18-20,23-24H,1,7-16H2,2-6H3/t18-,19?,20+,23-,24-,27?/m1/s1. The van der Waals surface area contributed by atoms with E-state index in [1.165, 1.54) is 0 Å². The van der Waals surface area contributed by atoms with E-state index in [0.717, 1.165) is 19.3 Å². The van der Waals surface area contributed by atoms with E-state index in [-0.39, 0.29) is 60.2 Å². The molecule has 0 amide bonds. The van der Waals surface area contributed by atoms with Crippen LogP contribution < -0.4 is 0 Å². The summed E-state index contributed by atoms with van der Waals surface area (Å²) >= 11 is 0. The summed E-state index contributed by atoms with van der Waals surface area (Å²) < 4.78 is 27.5. The predicted octanol–water partition coefficient (Wildman–Crippen LogP) is 4.00. The first-order valence-electron chi connectivity index (χ1n) is 12.8. The number of hydrogen-bond acceptors (Lipinski definition) is 8. The molecule has 8 heteroatoms. The molecule has 3 fully saturated rings. The van der Waals surface area contributed by atoms with Gasteiger partial charge >= 0.3 is 17.9 Å². The van der Waals surface area contributed by atoms with Gasteiger partial charge in [0.15, 0.2) is 6.10 Å². The summed E-state index contributed by atoms with van der Waals surface area (Å²) in [5.74, 6) is -0.505. The van der Waals surface area contributed by atoms with Crippen molar-refractivity contribution in [1.29, 1.82) is 0 Å². The fourth-order valence-corrected chi connectivity index (χ4v) is 6.28. The molecule has 8 nitrogen and oxygen atoms in total. The Morgan fingerprint density at radius 2 is 1.66 bits per heavy atom. The van der Waals surface area contributed by atoms with Crippen LogP contribution in [0.15, 0.2) is 12.2 Å². The first-order chi connectivity index (χ1) is 16.4. The summed E-state index contributed by atoms with van der Waals surface area (Å²) in [5, 5.41) is 0. The molecule has 35 heavy (non-hydrogen) atoms. The Bertz CT molecular complexity index is 805. The monoisotopic (exact) mass is 494 g/mol. The molecule has 1 saturated carbocycles. The number of esters is 3. The van der Waals surface area contributed by atoms with Crippen molar-refractivity contribution < 1.29 is 38.1 Å². The lowest BCUT2D eigenvalue weighted by atomic mass is 9.59. The summed E-state index contributed by atoms with van der Waals surface area (Å²) in [6, 6.07) is 0. The van der Waals surface area contributed by atoms with Crippen LogP contribution in [0.1, 0.15) is 73.1 Å². The Labute approximate surface area is 209 Å². The number of ether oxygens (including phenoxy) is 5. The third-order valence-electron chi connectivity index (χ3n) is 7.38. The maximum Gasteiger partial charge on any atom is 0.333 e. The van der Waals surface area contributed by atoms with Crippen molar-refractivity contribution in [3.05, 3.63) is 12.2 Å². The van der Waals surface area contributed by atoms with Gasteiger partial charge in [-0.15, -0.1) is 0 Å². The van der Waals surface area contributed by atoms with Crippen LogP contribution in [0.3, 0.4) is 0 Å². The molecule has 198 valence electrons. The summed E-state index contributed by atoms with van der Waals surface area (Å²) in [7, 11) is 0. The van der Waals surface area contributed by atoms with E-state index >= 15 is 0 Å². The fraction of sp³-hybridized carbons (Fsp3) is 0.815. The Hall–Kier alpha value is -1.93. The third kappa shape index (κ3) is 7.78. The van der Waals surface area contributed by atoms with Crippen molar-refractivity contribution in [2.75, 3.05) is 26.4 Å². The van der Waals surface area contributed by atoms with Crippen LogP contribution in [0.4, 0.5) is 0 Å². The van der Waals surface area contributed by atoms with Gasteiger partial charge in [0.1, 0.15) is 19.3 Å². The normalized spacial score (nSPS) is 33.6. The molecule has 2 unspecified atom stereocenters. The van der Waals surface area contributed by atoms with Crippen molar-refractivity contribution >= 4 is 17.9 Å². The quantitative estimate of drug-likeness (QED) is 0.195. The van der Waals surface area contributed by atoms with Gasteiger partial charge in [-0.3, -0.25) is 9.59 Å². The maximum atomic E-state index is 12.7. The zero-order valence-electron chi connectivity index (χ0n) is 21.9. The largest absolute Gasteiger partial charge is 0.462 e. The Morgan fingerprint density at radius 3 is 2.37 bits per heavy atom. The fourth-order valence-electron chi connectivity index (χ4n) is 6.28. The van der Waals surface area contributed by atoms with Crippen molar-refractivity contribution in [3.63, 3.8) is 0 Å². The topological polar surface area (TPSA) is 97.4 Å². The number of hydrogen-bond donors (Lipinski definition) is 0. The molecule has 2 heterocycles. The third-order valence-corrected chi connectivity index (χ3v) is 7.38. The smallest absolute Gasteiger partial charge is 0.333 e. The molecule has 2 aliphatic heterocycles. The zero-order valence-corrected chi connectivity index (χ0v) is 21.9. The van der Waals surface area contributed by atoms with E-state index < -0.39 is 5.97 Å². The van der Waals surface area contributed by atoms with E-state index in [9.17, 15) is 14.4 Å². The van der Waals surface area contributed by atoms with E-state index in [1.807, 2.05) is 0 Å². The highest BCUT2D eigenvalue weighted by molar-refractivity contribution is 5.86. The summed E-state index contributed by atoms with van der Waals surface area (Å²) in [5.41, 5.74) is 0.292. The Balaban J connectivity index is 1.44. The van der Waals surface area contributed by atoms with Crippen LogP contribution in [-0.2, 0) is 38.1 Å². The lowest BCUT2D eigenvalue weighted by Gasteiger charge is -2.46. The van der Waals surface area contributed by atoms with Crippen LogP contribution >= 0.6 is 0 Å². The summed E-state index contributed by atoms with van der Waals surface area (Å²) in [6.45, 7) is 14.9. The van der Waals surface area contributed by atoms with Crippen molar-refractivity contribution in [3.8, 4) is 0 Å². The molecule has 0 N–H and O–H groups in total. The molecule has 3 aliphatic rings. The first-order valence-corrected chi connectivity index (χ1v) is 12.8. The van der Waals surface area contributed by atoms with Crippen LogP contribution in [-0.4, -0.2) is 62.6 Å². The minimum absolute atomic E-state index is 0.0168. The second-order valence-corrected chi connectivity index (χ2v) is 11.9. The minimum Gasteiger partial charge on any atom is -0.462 e. The molecular weight excluding hydrogens is 452 g/mol. The van der Waals surface area contributed by atoms with Gasteiger partial charge in [-0.1, -0.05) is 34.3 Å². The van der Waals surface area contributed by atoms with Crippen molar-refractivity contribution in [1.82, 2.24) is 0 Å². The molecule has 0 aromatic heterocycles. The van der Waals surface area contributed by atoms with Gasteiger partial charge in [-0.2, -0.15) is 0 Å². The molecule has 1 aliphatic carbocycles. The van der Waals surface area contributed by atoms with Gasteiger partial charge in [0, 0.05) is 24.3 Å². The van der Waals surface area contributed by atoms with Crippen LogP contribution in [0.5, 0.6) is 0 Å². The summed E-state index contributed by atoms with van der Waals surface area (Å²) in [4.78, 5) is 36.5. The lowest BCUT2D eigenvalue weighted by Crippen LogP contribution is -2.37. The number of carbonyl (C=O) groups is 3.